The first-order valence-electron chi connectivity index (χ1n) is 10.6. The standard InChI is InChI=1S/C25H29N3O2/c1-18-9-11-19(12-10-18)17-28-24(29)22(20-7-5-4-6-8-20)23(25(28)30)27(3)21-13-15-26(2)16-14-21/h4-12,21H,13-17H2,1-3H3. The predicted molar refractivity (Wildman–Crippen MR) is 118 cm³/mol. The van der Waals surface area contributed by atoms with Crippen LogP contribution < -0.4 is 0 Å². The quantitative estimate of drug-likeness (QED) is 0.719. The van der Waals surface area contributed by atoms with E-state index in [9.17, 15) is 9.59 Å². The Kier molecular flexibility index (Phi) is 5.73. The minimum absolute atomic E-state index is 0.194. The van der Waals surface area contributed by atoms with Gasteiger partial charge in [0.2, 0.25) is 0 Å². The number of carbonyl (C=O) groups is 2. The Bertz CT molecular complexity index is 958. The van der Waals surface area contributed by atoms with Crippen LogP contribution in [-0.4, -0.2) is 59.7 Å². The Labute approximate surface area is 178 Å². The number of aryl methyl sites for hydroxylation is 1. The third-order valence-electron chi connectivity index (χ3n) is 6.26. The van der Waals surface area contributed by atoms with Crippen LogP contribution in [0.15, 0.2) is 60.3 Å². The molecular formula is C25H29N3O2. The van der Waals surface area contributed by atoms with Gasteiger partial charge >= 0.3 is 0 Å². The number of carbonyl (C=O) groups excluding carboxylic acids is 2. The zero-order valence-electron chi connectivity index (χ0n) is 18.0. The average Bonchev–Trinajstić information content (AvgIpc) is 3.00. The minimum Gasteiger partial charge on any atom is -0.366 e. The molecule has 4 rings (SSSR count). The number of rotatable bonds is 5. The summed E-state index contributed by atoms with van der Waals surface area (Å²) in [5.74, 6) is -0.401. The molecule has 0 radical (unpaired) electrons. The first kappa shape index (κ1) is 20.4. The van der Waals surface area contributed by atoms with Crippen molar-refractivity contribution in [2.24, 2.45) is 0 Å². The van der Waals surface area contributed by atoms with E-state index in [0.29, 0.717) is 17.8 Å². The molecule has 0 spiro atoms. The van der Waals surface area contributed by atoms with Crippen LogP contribution in [0.4, 0.5) is 0 Å². The van der Waals surface area contributed by atoms with Crippen molar-refractivity contribution in [3.63, 3.8) is 0 Å². The summed E-state index contributed by atoms with van der Waals surface area (Å²) < 4.78 is 0. The van der Waals surface area contributed by atoms with Crippen LogP contribution in [0.2, 0.25) is 0 Å². The van der Waals surface area contributed by atoms with Crippen LogP contribution in [0.5, 0.6) is 0 Å². The predicted octanol–water partition coefficient (Wildman–Crippen LogP) is 3.30. The topological polar surface area (TPSA) is 43.9 Å². The summed E-state index contributed by atoms with van der Waals surface area (Å²) in [5, 5.41) is 0. The Morgan fingerprint density at radius 3 is 2.20 bits per heavy atom. The van der Waals surface area contributed by atoms with Crippen molar-refractivity contribution in [2.75, 3.05) is 27.2 Å². The number of hydrogen-bond donors (Lipinski definition) is 0. The fourth-order valence-corrected chi connectivity index (χ4v) is 4.34. The van der Waals surface area contributed by atoms with Gasteiger partial charge in [-0.3, -0.25) is 14.5 Å². The molecule has 1 fully saturated rings. The monoisotopic (exact) mass is 403 g/mol. The van der Waals surface area contributed by atoms with Crippen molar-refractivity contribution in [1.82, 2.24) is 14.7 Å². The molecule has 1 saturated heterocycles. The normalized spacial score (nSPS) is 18.4. The van der Waals surface area contributed by atoms with E-state index < -0.39 is 0 Å². The van der Waals surface area contributed by atoms with Crippen LogP contribution >= 0.6 is 0 Å². The number of nitrogens with zero attached hydrogens (tertiary/aromatic N) is 3. The van der Waals surface area contributed by atoms with Gasteiger partial charge in [-0.05, 0) is 51.0 Å². The van der Waals surface area contributed by atoms with Gasteiger partial charge in [0.25, 0.3) is 11.8 Å². The second-order valence-corrected chi connectivity index (χ2v) is 8.42. The molecule has 0 atom stereocenters. The summed E-state index contributed by atoms with van der Waals surface area (Å²) in [5.41, 5.74) is 3.97. The molecule has 156 valence electrons. The Morgan fingerprint density at radius 2 is 1.57 bits per heavy atom. The molecule has 0 aromatic heterocycles. The van der Waals surface area contributed by atoms with E-state index >= 15 is 0 Å². The lowest BCUT2D eigenvalue weighted by Gasteiger charge is -2.36. The van der Waals surface area contributed by atoms with Crippen molar-refractivity contribution in [1.29, 1.82) is 0 Å². The molecule has 30 heavy (non-hydrogen) atoms. The summed E-state index contributed by atoms with van der Waals surface area (Å²) in [6, 6.07) is 17.8. The van der Waals surface area contributed by atoms with Crippen molar-refractivity contribution < 1.29 is 9.59 Å². The van der Waals surface area contributed by atoms with Crippen LogP contribution in [0.25, 0.3) is 5.57 Å². The van der Waals surface area contributed by atoms with E-state index in [1.54, 1.807) is 0 Å². The van der Waals surface area contributed by atoms with E-state index in [0.717, 1.165) is 42.6 Å². The van der Waals surface area contributed by atoms with Gasteiger partial charge in [-0.25, -0.2) is 0 Å². The number of piperidine rings is 1. The fourth-order valence-electron chi connectivity index (χ4n) is 4.34. The lowest BCUT2D eigenvalue weighted by atomic mass is 10.0. The number of hydrogen-bond acceptors (Lipinski definition) is 4. The second-order valence-electron chi connectivity index (χ2n) is 8.42. The molecule has 2 aliphatic heterocycles. The van der Waals surface area contributed by atoms with Crippen LogP contribution in [0.1, 0.15) is 29.5 Å². The summed E-state index contributed by atoms with van der Waals surface area (Å²) in [6.07, 6.45) is 1.97. The van der Waals surface area contributed by atoms with Crippen LogP contribution in [-0.2, 0) is 16.1 Å². The van der Waals surface area contributed by atoms with Crippen molar-refractivity contribution in [2.45, 2.75) is 32.4 Å². The highest BCUT2D eigenvalue weighted by Crippen LogP contribution is 2.34. The van der Waals surface area contributed by atoms with Gasteiger partial charge in [0.15, 0.2) is 0 Å². The zero-order valence-corrected chi connectivity index (χ0v) is 18.0. The van der Waals surface area contributed by atoms with Gasteiger partial charge in [-0.2, -0.15) is 0 Å². The molecule has 2 aromatic carbocycles. The minimum atomic E-state index is -0.207. The maximum absolute atomic E-state index is 13.5. The molecular weight excluding hydrogens is 374 g/mol. The van der Waals surface area contributed by atoms with Gasteiger partial charge in [-0.1, -0.05) is 60.2 Å². The van der Waals surface area contributed by atoms with Gasteiger partial charge in [0.1, 0.15) is 5.70 Å². The lowest BCUT2D eigenvalue weighted by molar-refractivity contribution is -0.138. The third-order valence-corrected chi connectivity index (χ3v) is 6.26. The first-order chi connectivity index (χ1) is 14.5. The Balaban J connectivity index is 1.68. The zero-order chi connectivity index (χ0) is 21.3. The summed E-state index contributed by atoms with van der Waals surface area (Å²) in [4.78, 5) is 32.7. The molecule has 5 nitrogen and oxygen atoms in total. The number of amides is 2. The molecule has 5 heteroatoms. The van der Waals surface area contributed by atoms with E-state index in [4.69, 9.17) is 0 Å². The van der Waals surface area contributed by atoms with Crippen molar-refractivity contribution >= 4 is 17.4 Å². The van der Waals surface area contributed by atoms with E-state index in [2.05, 4.69) is 16.8 Å². The fraction of sp³-hybridized carbons (Fsp3) is 0.360. The maximum Gasteiger partial charge on any atom is 0.278 e. The summed E-state index contributed by atoms with van der Waals surface area (Å²) in [6.45, 7) is 4.31. The summed E-state index contributed by atoms with van der Waals surface area (Å²) in [7, 11) is 4.09. The van der Waals surface area contributed by atoms with Crippen LogP contribution in [0.3, 0.4) is 0 Å². The molecule has 2 aromatic rings. The average molecular weight is 404 g/mol. The Hall–Kier alpha value is -2.92. The molecule has 0 aliphatic carbocycles. The van der Waals surface area contributed by atoms with Gasteiger partial charge in [-0.15, -0.1) is 0 Å². The molecule has 2 amide bonds. The highest BCUT2D eigenvalue weighted by molar-refractivity contribution is 6.35. The van der Waals surface area contributed by atoms with E-state index in [1.807, 2.05) is 68.6 Å². The first-order valence-corrected chi connectivity index (χ1v) is 10.6. The third kappa shape index (κ3) is 3.90. The van der Waals surface area contributed by atoms with Crippen molar-refractivity contribution in [3.05, 3.63) is 77.0 Å². The van der Waals surface area contributed by atoms with Crippen molar-refractivity contribution in [3.8, 4) is 0 Å². The number of imide groups is 1. The Morgan fingerprint density at radius 1 is 0.933 bits per heavy atom. The van der Waals surface area contributed by atoms with Gasteiger partial charge < -0.3 is 9.80 Å². The van der Waals surface area contributed by atoms with Crippen LogP contribution in [0, 0.1) is 6.92 Å². The highest BCUT2D eigenvalue weighted by Gasteiger charge is 2.42. The second kappa shape index (κ2) is 8.44. The summed E-state index contributed by atoms with van der Waals surface area (Å²) >= 11 is 0. The van der Waals surface area contributed by atoms with Gasteiger partial charge in [0.05, 0.1) is 12.1 Å². The molecule has 0 bridgehead atoms. The molecule has 0 saturated carbocycles. The van der Waals surface area contributed by atoms with E-state index in [-0.39, 0.29) is 17.9 Å². The number of likely N-dealkylation sites (tertiary alicyclic amines) is 1. The molecule has 2 aliphatic rings. The van der Waals surface area contributed by atoms with E-state index in [1.165, 1.54) is 4.90 Å². The number of benzene rings is 2. The molecule has 2 heterocycles. The molecule has 0 unspecified atom stereocenters. The number of likely N-dealkylation sites (N-methyl/N-ethyl adjacent to an activating group) is 1. The maximum atomic E-state index is 13.5. The van der Waals surface area contributed by atoms with Gasteiger partial charge in [0, 0.05) is 13.1 Å². The molecule has 0 N–H and O–H groups in total. The highest BCUT2D eigenvalue weighted by atomic mass is 16.2. The smallest absolute Gasteiger partial charge is 0.278 e. The SMILES string of the molecule is Cc1ccc(CN2C(=O)C(c3ccccc3)=C(N(C)C3CCN(C)CC3)C2=O)cc1. The lowest BCUT2D eigenvalue weighted by Crippen LogP contribution is -2.43. The largest absolute Gasteiger partial charge is 0.366 e.